The summed E-state index contributed by atoms with van der Waals surface area (Å²) >= 11 is 0. The highest BCUT2D eigenvalue weighted by Gasteiger charge is 2.03. The van der Waals surface area contributed by atoms with Crippen LogP contribution in [0.2, 0.25) is 0 Å². The molecule has 0 saturated carbocycles. The summed E-state index contributed by atoms with van der Waals surface area (Å²) in [6.07, 6.45) is 5.46. The second kappa shape index (κ2) is 5.06. The van der Waals surface area contributed by atoms with E-state index in [1.807, 2.05) is 36.8 Å². The van der Waals surface area contributed by atoms with Gasteiger partial charge in [0.1, 0.15) is 0 Å². The maximum absolute atomic E-state index is 4.45. The van der Waals surface area contributed by atoms with E-state index >= 15 is 0 Å². The number of benzene rings is 1. The van der Waals surface area contributed by atoms with Crippen molar-refractivity contribution in [1.29, 1.82) is 0 Å². The first kappa shape index (κ1) is 11.7. The van der Waals surface area contributed by atoms with Crippen LogP contribution in [0.4, 0.5) is 5.69 Å². The predicted molar refractivity (Wildman–Crippen MR) is 78.0 cm³/mol. The molecule has 0 fully saturated rings. The molecule has 3 aromatic rings. The molecular formula is C16H15N3. The van der Waals surface area contributed by atoms with Crippen LogP contribution in [0.3, 0.4) is 0 Å². The third-order valence-electron chi connectivity index (χ3n) is 3.20. The Bertz CT molecular complexity index is 693. The summed E-state index contributed by atoms with van der Waals surface area (Å²) in [6.45, 7) is 2.87. The molecule has 2 heterocycles. The molecule has 1 aromatic carbocycles. The number of pyridine rings is 2. The molecule has 3 heteroatoms. The minimum absolute atomic E-state index is 0.787. The number of aromatic nitrogens is 2. The van der Waals surface area contributed by atoms with Crippen molar-refractivity contribution in [2.75, 3.05) is 5.32 Å². The monoisotopic (exact) mass is 249 g/mol. The van der Waals surface area contributed by atoms with E-state index in [-0.39, 0.29) is 0 Å². The minimum Gasteiger partial charge on any atom is -0.380 e. The van der Waals surface area contributed by atoms with E-state index in [2.05, 4.69) is 40.4 Å². The zero-order chi connectivity index (χ0) is 13.1. The number of hydrogen-bond donors (Lipinski definition) is 1. The topological polar surface area (TPSA) is 37.8 Å². The maximum Gasteiger partial charge on any atom is 0.0751 e. The average Bonchev–Trinajstić information content (AvgIpc) is 2.48. The molecule has 2 aromatic heterocycles. The van der Waals surface area contributed by atoms with Crippen LogP contribution in [-0.2, 0) is 6.54 Å². The van der Waals surface area contributed by atoms with Gasteiger partial charge in [-0.25, -0.2) is 0 Å². The number of nitrogens with zero attached hydrogens (tertiary/aromatic N) is 2. The van der Waals surface area contributed by atoms with E-state index in [4.69, 9.17) is 0 Å². The maximum atomic E-state index is 4.45. The second-order valence-electron chi connectivity index (χ2n) is 4.54. The van der Waals surface area contributed by atoms with E-state index in [0.29, 0.717) is 0 Å². The Balaban J connectivity index is 1.91. The first-order valence-corrected chi connectivity index (χ1v) is 6.32. The SMILES string of the molecule is Cc1ccc(NCc2ccncc2)c2cccnc12. The van der Waals surface area contributed by atoms with Gasteiger partial charge in [0.05, 0.1) is 5.52 Å². The summed E-state index contributed by atoms with van der Waals surface area (Å²) in [5.41, 5.74) is 4.59. The number of fused-ring (bicyclic) bond motifs is 1. The van der Waals surface area contributed by atoms with Crippen LogP contribution in [0.15, 0.2) is 55.0 Å². The van der Waals surface area contributed by atoms with Crippen molar-refractivity contribution in [2.45, 2.75) is 13.5 Å². The van der Waals surface area contributed by atoms with E-state index in [1.165, 1.54) is 11.1 Å². The fraction of sp³-hybridized carbons (Fsp3) is 0.125. The van der Waals surface area contributed by atoms with Crippen LogP contribution >= 0.6 is 0 Å². The molecule has 0 atom stereocenters. The van der Waals surface area contributed by atoms with Gasteiger partial charge in [-0.1, -0.05) is 6.07 Å². The Hall–Kier alpha value is -2.42. The summed E-state index contributed by atoms with van der Waals surface area (Å²) in [7, 11) is 0. The Morgan fingerprint density at radius 1 is 1.00 bits per heavy atom. The zero-order valence-electron chi connectivity index (χ0n) is 10.8. The average molecular weight is 249 g/mol. The Kier molecular flexibility index (Phi) is 3.11. The van der Waals surface area contributed by atoms with Crippen LogP contribution in [0.1, 0.15) is 11.1 Å². The second-order valence-corrected chi connectivity index (χ2v) is 4.54. The van der Waals surface area contributed by atoms with Gasteiger partial charge in [-0.05, 0) is 48.4 Å². The van der Waals surface area contributed by atoms with Gasteiger partial charge in [-0.15, -0.1) is 0 Å². The van der Waals surface area contributed by atoms with Gasteiger partial charge in [-0.3, -0.25) is 9.97 Å². The summed E-state index contributed by atoms with van der Waals surface area (Å²) in [6, 6.07) is 12.3. The summed E-state index contributed by atoms with van der Waals surface area (Å²) < 4.78 is 0. The van der Waals surface area contributed by atoms with Crippen molar-refractivity contribution in [3.05, 3.63) is 66.1 Å². The Morgan fingerprint density at radius 3 is 2.68 bits per heavy atom. The third kappa shape index (κ3) is 2.40. The van der Waals surface area contributed by atoms with Crippen molar-refractivity contribution in [1.82, 2.24) is 9.97 Å². The Labute approximate surface area is 112 Å². The lowest BCUT2D eigenvalue weighted by Crippen LogP contribution is -2.00. The molecule has 94 valence electrons. The summed E-state index contributed by atoms with van der Waals surface area (Å²) in [5.74, 6) is 0. The van der Waals surface area contributed by atoms with Crippen molar-refractivity contribution >= 4 is 16.6 Å². The smallest absolute Gasteiger partial charge is 0.0751 e. The highest BCUT2D eigenvalue weighted by atomic mass is 14.9. The molecule has 0 spiro atoms. The Morgan fingerprint density at radius 2 is 1.84 bits per heavy atom. The van der Waals surface area contributed by atoms with Crippen molar-refractivity contribution in [3.8, 4) is 0 Å². The van der Waals surface area contributed by atoms with Crippen LogP contribution in [0.25, 0.3) is 10.9 Å². The molecule has 0 aliphatic heterocycles. The van der Waals surface area contributed by atoms with Crippen LogP contribution in [0.5, 0.6) is 0 Å². The van der Waals surface area contributed by atoms with E-state index in [1.54, 1.807) is 0 Å². The molecule has 0 radical (unpaired) electrons. The first-order valence-electron chi connectivity index (χ1n) is 6.32. The zero-order valence-corrected chi connectivity index (χ0v) is 10.8. The fourth-order valence-electron chi connectivity index (χ4n) is 2.17. The van der Waals surface area contributed by atoms with Gasteiger partial charge >= 0.3 is 0 Å². The van der Waals surface area contributed by atoms with Crippen LogP contribution in [0, 0.1) is 6.92 Å². The van der Waals surface area contributed by atoms with Crippen molar-refractivity contribution < 1.29 is 0 Å². The number of anilines is 1. The highest BCUT2D eigenvalue weighted by Crippen LogP contribution is 2.24. The van der Waals surface area contributed by atoms with E-state index in [0.717, 1.165) is 23.1 Å². The molecular weight excluding hydrogens is 234 g/mol. The number of aryl methyl sites for hydroxylation is 1. The van der Waals surface area contributed by atoms with Crippen LogP contribution < -0.4 is 5.32 Å². The van der Waals surface area contributed by atoms with Crippen molar-refractivity contribution in [3.63, 3.8) is 0 Å². The van der Waals surface area contributed by atoms with Gasteiger partial charge < -0.3 is 5.32 Å². The van der Waals surface area contributed by atoms with Gasteiger partial charge in [-0.2, -0.15) is 0 Å². The molecule has 0 amide bonds. The summed E-state index contributed by atoms with van der Waals surface area (Å²) in [4.78, 5) is 8.47. The lowest BCUT2D eigenvalue weighted by molar-refractivity contribution is 1.13. The van der Waals surface area contributed by atoms with Gasteiger partial charge in [0, 0.05) is 36.2 Å². The molecule has 19 heavy (non-hydrogen) atoms. The van der Waals surface area contributed by atoms with Gasteiger partial charge in [0.25, 0.3) is 0 Å². The van der Waals surface area contributed by atoms with E-state index < -0.39 is 0 Å². The number of nitrogens with one attached hydrogen (secondary N) is 1. The standard InChI is InChI=1S/C16H15N3/c1-12-4-5-15(14-3-2-8-18-16(12)14)19-11-13-6-9-17-10-7-13/h2-10,19H,11H2,1H3. The minimum atomic E-state index is 0.787. The molecule has 0 saturated heterocycles. The van der Waals surface area contributed by atoms with E-state index in [9.17, 15) is 0 Å². The molecule has 0 aliphatic rings. The predicted octanol–water partition coefficient (Wildman–Crippen LogP) is 3.55. The molecule has 0 bridgehead atoms. The molecule has 3 nitrogen and oxygen atoms in total. The van der Waals surface area contributed by atoms with Gasteiger partial charge in [0.2, 0.25) is 0 Å². The number of hydrogen-bond acceptors (Lipinski definition) is 3. The highest BCUT2D eigenvalue weighted by molar-refractivity contribution is 5.93. The molecule has 0 aliphatic carbocycles. The summed E-state index contributed by atoms with van der Waals surface area (Å²) in [5, 5.41) is 4.63. The van der Waals surface area contributed by atoms with Crippen LogP contribution in [-0.4, -0.2) is 9.97 Å². The normalized spacial score (nSPS) is 10.6. The molecule has 1 N–H and O–H groups in total. The first-order chi connectivity index (χ1) is 9.34. The third-order valence-corrected chi connectivity index (χ3v) is 3.20. The molecule has 0 unspecified atom stereocenters. The van der Waals surface area contributed by atoms with Crippen molar-refractivity contribution in [2.24, 2.45) is 0 Å². The largest absolute Gasteiger partial charge is 0.380 e. The lowest BCUT2D eigenvalue weighted by Gasteiger charge is -2.10. The van der Waals surface area contributed by atoms with Gasteiger partial charge in [0.15, 0.2) is 0 Å². The fourth-order valence-corrected chi connectivity index (χ4v) is 2.17. The number of rotatable bonds is 3. The molecule has 3 rings (SSSR count). The lowest BCUT2D eigenvalue weighted by atomic mass is 10.1. The quantitative estimate of drug-likeness (QED) is 0.771.